The predicted octanol–water partition coefficient (Wildman–Crippen LogP) is 3.37. The van der Waals surface area contributed by atoms with E-state index in [0.717, 1.165) is 5.39 Å². The minimum atomic E-state index is -0.558. The molecule has 1 aromatic carbocycles. The van der Waals surface area contributed by atoms with E-state index in [1.807, 2.05) is 0 Å². The third kappa shape index (κ3) is 3.94. The molecule has 2 aromatic rings. The predicted molar refractivity (Wildman–Crippen MR) is 82.9 cm³/mol. The summed E-state index contributed by atoms with van der Waals surface area (Å²) in [6, 6.07) is 8.49. The van der Waals surface area contributed by atoms with Gasteiger partial charge in [-0.2, -0.15) is 0 Å². The number of methoxy groups -OCH3 is 1. The Balaban J connectivity index is 2.21. The minimum Gasteiger partial charge on any atom is -0.464 e. The van der Waals surface area contributed by atoms with Crippen LogP contribution in [-0.4, -0.2) is 29.8 Å². The maximum absolute atomic E-state index is 11.7. The van der Waals surface area contributed by atoms with E-state index in [1.165, 1.54) is 7.11 Å². The van der Waals surface area contributed by atoms with Gasteiger partial charge in [0.05, 0.1) is 12.6 Å². The number of nitrogens with one attached hydrogen (secondary N) is 1. The van der Waals surface area contributed by atoms with Crippen LogP contribution in [0.4, 0.5) is 10.5 Å². The van der Waals surface area contributed by atoms with Gasteiger partial charge in [-0.05, 0) is 45.0 Å². The van der Waals surface area contributed by atoms with E-state index in [9.17, 15) is 9.59 Å². The van der Waals surface area contributed by atoms with Gasteiger partial charge in [0, 0.05) is 11.1 Å². The molecule has 0 aliphatic heterocycles. The topological polar surface area (TPSA) is 77.5 Å². The second-order valence-corrected chi connectivity index (χ2v) is 5.72. The molecule has 0 bridgehead atoms. The Morgan fingerprint density at radius 3 is 2.50 bits per heavy atom. The van der Waals surface area contributed by atoms with Crippen LogP contribution in [0.2, 0.25) is 0 Å². The summed E-state index contributed by atoms with van der Waals surface area (Å²) in [5.41, 5.74) is 0.910. The molecule has 0 atom stereocenters. The molecule has 0 aliphatic rings. The average molecular weight is 302 g/mol. The standard InChI is InChI=1S/C16H18N2O4/c1-16(2,3)22-15(20)17-11-6-8-12-10(9-11)5-7-13(18-12)14(19)21-4/h5-9H,1-4H3,(H,17,20). The number of ether oxygens (including phenoxy) is 2. The number of esters is 1. The highest BCUT2D eigenvalue weighted by Crippen LogP contribution is 2.19. The second-order valence-electron chi connectivity index (χ2n) is 5.72. The number of amides is 1. The Bertz CT molecular complexity index is 720. The fraction of sp³-hybridized carbons (Fsp3) is 0.312. The molecule has 116 valence electrons. The molecule has 1 heterocycles. The van der Waals surface area contributed by atoms with E-state index in [-0.39, 0.29) is 5.69 Å². The number of carbonyl (C=O) groups excluding carboxylic acids is 2. The summed E-state index contributed by atoms with van der Waals surface area (Å²) in [5.74, 6) is -0.488. The van der Waals surface area contributed by atoms with Crippen LogP contribution < -0.4 is 5.32 Å². The third-order valence-electron chi connectivity index (χ3n) is 2.73. The van der Waals surface area contributed by atoms with Gasteiger partial charge in [-0.25, -0.2) is 14.6 Å². The van der Waals surface area contributed by atoms with Crippen molar-refractivity contribution >= 4 is 28.7 Å². The molecule has 6 nitrogen and oxygen atoms in total. The molecule has 0 fully saturated rings. The van der Waals surface area contributed by atoms with Crippen LogP contribution >= 0.6 is 0 Å². The van der Waals surface area contributed by atoms with E-state index in [1.54, 1.807) is 51.1 Å². The lowest BCUT2D eigenvalue weighted by atomic mass is 10.2. The van der Waals surface area contributed by atoms with Crippen molar-refractivity contribution in [2.75, 3.05) is 12.4 Å². The maximum Gasteiger partial charge on any atom is 0.412 e. The Morgan fingerprint density at radius 2 is 1.86 bits per heavy atom. The summed E-state index contributed by atoms with van der Waals surface area (Å²) in [6.07, 6.45) is -0.522. The molecule has 1 aromatic heterocycles. The number of aromatic nitrogens is 1. The summed E-state index contributed by atoms with van der Waals surface area (Å²) in [6.45, 7) is 5.39. The molecular formula is C16H18N2O4. The van der Waals surface area contributed by atoms with Crippen LogP contribution in [0.3, 0.4) is 0 Å². The van der Waals surface area contributed by atoms with Gasteiger partial charge in [0.25, 0.3) is 0 Å². The Hall–Kier alpha value is -2.63. The summed E-state index contributed by atoms with van der Waals surface area (Å²) < 4.78 is 9.82. The number of rotatable bonds is 2. The van der Waals surface area contributed by atoms with E-state index in [0.29, 0.717) is 11.2 Å². The van der Waals surface area contributed by atoms with Crippen molar-refractivity contribution in [2.24, 2.45) is 0 Å². The Morgan fingerprint density at radius 1 is 1.14 bits per heavy atom. The first-order chi connectivity index (χ1) is 10.3. The number of anilines is 1. The zero-order chi connectivity index (χ0) is 16.3. The number of benzene rings is 1. The molecule has 1 amide bonds. The van der Waals surface area contributed by atoms with Gasteiger partial charge >= 0.3 is 12.1 Å². The fourth-order valence-electron chi connectivity index (χ4n) is 1.84. The molecule has 2 rings (SSSR count). The summed E-state index contributed by atoms with van der Waals surface area (Å²) in [4.78, 5) is 27.4. The largest absolute Gasteiger partial charge is 0.464 e. The Kier molecular flexibility index (Phi) is 4.30. The van der Waals surface area contributed by atoms with Crippen molar-refractivity contribution in [3.63, 3.8) is 0 Å². The molecule has 0 saturated heterocycles. The smallest absolute Gasteiger partial charge is 0.412 e. The van der Waals surface area contributed by atoms with Crippen LogP contribution in [-0.2, 0) is 9.47 Å². The lowest BCUT2D eigenvalue weighted by molar-refractivity contribution is 0.0592. The van der Waals surface area contributed by atoms with Crippen molar-refractivity contribution in [3.05, 3.63) is 36.0 Å². The molecule has 1 N–H and O–H groups in total. The summed E-state index contributed by atoms with van der Waals surface area (Å²) in [5, 5.41) is 3.45. The monoisotopic (exact) mass is 302 g/mol. The van der Waals surface area contributed by atoms with Gasteiger partial charge in [0.2, 0.25) is 0 Å². The molecule has 0 radical (unpaired) electrons. The SMILES string of the molecule is COC(=O)c1ccc2cc(NC(=O)OC(C)(C)C)ccc2n1. The maximum atomic E-state index is 11.7. The van der Waals surface area contributed by atoms with Crippen LogP contribution in [0.15, 0.2) is 30.3 Å². The number of hydrogen-bond acceptors (Lipinski definition) is 5. The van der Waals surface area contributed by atoms with E-state index < -0.39 is 17.7 Å². The lowest BCUT2D eigenvalue weighted by Gasteiger charge is -2.19. The van der Waals surface area contributed by atoms with Crippen molar-refractivity contribution in [1.82, 2.24) is 4.98 Å². The van der Waals surface area contributed by atoms with Crippen LogP contribution in [0.5, 0.6) is 0 Å². The first-order valence-corrected chi connectivity index (χ1v) is 6.77. The quantitative estimate of drug-likeness (QED) is 0.861. The average Bonchev–Trinajstić information content (AvgIpc) is 2.43. The third-order valence-corrected chi connectivity index (χ3v) is 2.73. The van der Waals surface area contributed by atoms with Gasteiger partial charge < -0.3 is 9.47 Å². The molecule has 6 heteroatoms. The number of hydrogen-bond donors (Lipinski definition) is 1. The molecule has 0 spiro atoms. The van der Waals surface area contributed by atoms with E-state index >= 15 is 0 Å². The second kappa shape index (κ2) is 6.01. The number of pyridine rings is 1. The number of carbonyl (C=O) groups is 2. The highest BCUT2D eigenvalue weighted by Gasteiger charge is 2.16. The van der Waals surface area contributed by atoms with Crippen molar-refractivity contribution in [2.45, 2.75) is 26.4 Å². The van der Waals surface area contributed by atoms with Crippen LogP contribution in [0.1, 0.15) is 31.3 Å². The highest BCUT2D eigenvalue weighted by molar-refractivity contribution is 5.93. The van der Waals surface area contributed by atoms with Crippen molar-refractivity contribution < 1.29 is 19.1 Å². The van der Waals surface area contributed by atoms with Crippen molar-refractivity contribution in [1.29, 1.82) is 0 Å². The van der Waals surface area contributed by atoms with E-state index in [4.69, 9.17) is 4.74 Å². The molecule has 0 saturated carbocycles. The van der Waals surface area contributed by atoms with Crippen LogP contribution in [0, 0.1) is 0 Å². The first kappa shape index (κ1) is 15.8. The summed E-state index contributed by atoms with van der Waals surface area (Å²) in [7, 11) is 1.31. The minimum absolute atomic E-state index is 0.239. The zero-order valence-corrected chi connectivity index (χ0v) is 13.0. The zero-order valence-electron chi connectivity index (χ0n) is 13.0. The van der Waals surface area contributed by atoms with Gasteiger partial charge in [-0.1, -0.05) is 6.07 Å². The van der Waals surface area contributed by atoms with Gasteiger partial charge in [0.15, 0.2) is 0 Å². The molecule has 22 heavy (non-hydrogen) atoms. The van der Waals surface area contributed by atoms with Gasteiger partial charge in [-0.15, -0.1) is 0 Å². The Labute approximate surface area is 128 Å². The first-order valence-electron chi connectivity index (χ1n) is 6.77. The number of nitrogens with zero attached hydrogens (tertiary/aromatic N) is 1. The summed E-state index contributed by atoms with van der Waals surface area (Å²) >= 11 is 0. The fourth-order valence-corrected chi connectivity index (χ4v) is 1.84. The normalized spacial score (nSPS) is 11.1. The molecule has 0 aliphatic carbocycles. The van der Waals surface area contributed by atoms with Gasteiger partial charge in [0.1, 0.15) is 11.3 Å². The van der Waals surface area contributed by atoms with Gasteiger partial charge in [-0.3, -0.25) is 5.32 Å². The number of fused-ring (bicyclic) bond motifs is 1. The van der Waals surface area contributed by atoms with E-state index in [2.05, 4.69) is 15.0 Å². The van der Waals surface area contributed by atoms with Crippen LogP contribution in [0.25, 0.3) is 10.9 Å². The molecular weight excluding hydrogens is 284 g/mol. The van der Waals surface area contributed by atoms with Crippen molar-refractivity contribution in [3.8, 4) is 0 Å². The highest BCUT2D eigenvalue weighted by atomic mass is 16.6. The molecule has 0 unspecified atom stereocenters. The lowest BCUT2D eigenvalue weighted by Crippen LogP contribution is -2.27.